The van der Waals surface area contributed by atoms with Crippen LogP contribution in [-0.4, -0.2) is 42.7 Å². The molecular weight excluding hydrogens is 488 g/mol. The van der Waals surface area contributed by atoms with Crippen LogP contribution in [0.15, 0.2) is 4.99 Å². The van der Waals surface area contributed by atoms with Crippen molar-refractivity contribution in [2.24, 2.45) is 4.99 Å². The second kappa shape index (κ2) is 10.0. The van der Waals surface area contributed by atoms with Gasteiger partial charge in [-0.2, -0.15) is 0 Å². The minimum atomic E-state index is -0.381. The standard InChI is InChI=1S/C25H32N2O6S2/c1-7-30-22(28)18-14-9-24(3,4)32-11-16(14)34-20(18)26-13-27-21-19(23(29)31-8-2)15-10-25(5,6)33-12-17(15)35-21/h13H,7-12H2,1-6H3,(H,26,27). The molecule has 10 heteroatoms. The van der Waals surface area contributed by atoms with Crippen molar-refractivity contribution in [2.75, 3.05) is 18.5 Å². The van der Waals surface area contributed by atoms with Crippen LogP contribution in [0.25, 0.3) is 0 Å². The maximum atomic E-state index is 12.8. The van der Waals surface area contributed by atoms with Crippen molar-refractivity contribution in [3.05, 3.63) is 32.0 Å². The van der Waals surface area contributed by atoms with Crippen LogP contribution in [0, 0.1) is 0 Å². The molecule has 2 aromatic rings. The predicted octanol–water partition coefficient (Wildman–Crippen LogP) is 5.64. The van der Waals surface area contributed by atoms with E-state index in [4.69, 9.17) is 18.9 Å². The lowest BCUT2D eigenvalue weighted by molar-refractivity contribution is -0.0388. The molecule has 4 heterocycles. The van der Waals surface area contributed by atoms with Gasteiger partial charge in [-0.1, -0.05) is 0 Å². The van der Waals surface area contributed by atoms with Gasteiger partial charge in [-0.25, -0.2) is 14.6 Å². The number of thiophene rings is 2. The summed E-state index contributed by atoms with van der Waals surface area (Å²) in [6.45, 7) is 13.1. The molecule has 1 N–H and O–H groups in total. The van der Waals surface area contributed by atoms with Gasteiger partial charge in [0.25, 0.3) is 0 Å². The van der Waals surface area contributed by atoms with E-state index >= 15 is 0 Å². The number of fused-ring (bicyclic) bond motifs is 2. The smallest absolute Gasteiger partial charge is 0.341 e. The van der Waals surface area contributed by atoms with Gasteiger partial charge in [0.2, 0.25) is 0 Å². The van der Waals surface area contributed by atoms with Crippen molar-refractivity contribution in [2.45, 2.75) is 78.8 Å². The Hall–Kier alpha value is -2.27. The van der Waals surface area contributed by atoms with Crippen LogP contribution in [0.3, 0.4) is 0 Å². The Morgan fingerprint density at radius 1 is 0.914 bits per heavy atom. The number of hydrogen-bond acceptors (Lipinski definition) is 9. The average molecular weight is 521 g/mol. The number of esters is 2. The van der Waals surface area contributed by atoms with E-state index in [1.54, 1.807) is 13.8 Å². The Balaban J connectivity index is 1.66. The zero-order chi connectivity index (χ0) is 25.4. The lowest BCUT2D eigenvalue weighted by Crippen LogP contribution is -2.32. The highest BCUT2D eigenvalue weighted by molar-refractivity contribution is 7.17. The van der Waals surface area contributed by atoms with Crippen LogP contribution in [-0.2, 0) is 45.0 Å². The Labute approximate surface area is 213 Å². The number of rotatable bonds is 7. The second-order valence-electron chi connectivity index (χ2n) is 9.69. The van der Waals surface area contributed by atoms with Crippen molar-refractivity contribution in [1.29, 1.82) is 0 Å². The highest BCUT2D eigenvalue weighted by Gasteiger charge is 2.35. The number of hydrogen-bond donors (Lipinski definition) is 1. The van der Waals surface area contributed by atoms with Crippen LogP contribution in [0.4, 0.5) is 10.0 Å². The maximum Gasteiger partial charge on any atom is 0.341 e. The second-order valence-corrected chi connectivity index (χ2v) is 11.9. The summed E-state index contributed by atoms with van der Waals surface area (Å²) in [6.07, 6.45) is 2.75. The Morgan fingerprint density at radius 3 is 2.00 bits per heavy atom. The number of carbonyl (C=O) groups is 2. The third kappa shape index (κ3) is 5.45. The van der Waals surface area contributed by atoms with E-state index in [-0.39, 0.29) is 29.7 Å². The Kier molecular flexibility index (Phi) is 7.38. The number of nitrogens with one attached hydrogen (secondary N) is 1. The molecule has 0 aliphatic carbocycles. The molecule has 4 rings (SSSR count). The molecule has 0 bridgehead atoms. The van der Waals surface area contributed by atoms with Gasteiger partial charge >= 0.3 is 11.9 Å². The van der Waals surface area contributed by atoms with E-state index in [2.05, 4.69) is 10.3 Å². The molecule has 0 saturated carbocycles. The molecule has 2 aliphatic heterocycles. The fraction of sp³-hybridized carbons (Fsp3) is 0.560. The molecule has 0 unspecified atom stereocenters. The molecule has 0 spiro atoms. The molecule has 0 fully saturated rings. The van der Waals surface area contributed by atoms with Gasteiger partial charge in [-0.05, 0) is 52.7 Å². The number of carbonyl (C=O) groups excluding carboxylic acids is 2. The van der Waals surface area contributed by atoms with E-state index in [0.717, 1.165) is 20.9 Å². The Morgan fingerprint density at radius 2 is 1.43 bits per heavy atom. The first kappa shape index (κ1) is 25.8. The lowest BCUT2D eigenvalue weighted by atomic mass is 9.93. The highest BCUT2D eigenvalue weighted by atomic mass is 32.1. The summed E-state index contributed by atoms with van der Waals surface area (Å²) in [5, 5.41) is 4.39. The minimum Gasteiger partial charge on any atom is -0.462 e. The zero-order valence-corrected chi connectivity index (χ0v) is 22.7. The molecule has 0 atom stereocenters. The van der Waals surface area contributed by atoms with Gasteiger partial charge in [0.15, 0.2) is 0 Å². The number of anilines is 1. The average Bonchev–Trinajstić information content (AvgIpc) is 3.29. The third-order valence-electron chi connectivity index (χ3n) is 5.89. The van der Waals surface area contributed by atoms with Gasteiger partial charge in [0.05, 0.1) is 49.5 Å². The van der Waals surface area contributed by atoms with E-state index < -0.39 is 0 Å². The monoisotopic (exact) mass is 520 g/mol. The van der Waals surface area contributed by atoms with Crippen LogP contribution in [0.2, 0.25) is 0 Å². The van der Waals surface area contributed by atoms with Gasteiger partial charge in [0.1, 0.15) is 15.6 Å². The molecule has 0 amide bonds. The van der Waals surface area contributed by atoms with Crippen LogP contribution < -0.4 is 5.32 Å². The number of ether oxygens (including phenoxy) is 4. The molecule has 0 aromatic carbocycles. The largest absolute Gasteiger partial charge is 0.462 e. The van der Waals surface area contributed by atoms with Gasteiger partial charge in [-0.15, -0.1) is 22.7 Å². The molecule has 0 radical (unpaired) electrons. The van der Waals surface area contributed by atoms with Crippen molar-refractivity contribution in [1.82, 2.24) is 0 Å². The first-order valence-electron chi connectivity index (χ1n) is 11.8. The van der Waals surface area contributed by atoms with Crippen LogP contribution >= 0.6 is 22.7 Å². The van der Waals surface area contributed by atoms with E-state index in [0.29, 0.717) is 53.8 Å². The van der Waals surface area contributed by atoms with Gasteiger partial charge < -0.3 is 24.3 Å². The summed E-state index contributed by atoms with van der Waals surface area (Å²) in [4.78, 5) is 32.2. The molecule has 190 valence electrons. The summed E-state index contributed by atoms with van der Waals surface area (Å²) < 4.78 is 22.6. The van der Waals surface area contributed by atoms with Crippen LogP contribution in [0.5, 0.6) is 0 Å². The topological polar surface area (TPSA) is 95.5 Å². The summed E-state index contributed by atoms with van der Waals surface area (Å²) in [7, 11) is 0. The van der Waals surface area contributed by atoms with Gasteiger partial charge in [0, 0.05) is 22.6 Å². The molecule has 2 aromatic heterocycles. The summed E-state index contributed by atoms with van der Waals surface area (Å²) in [6, 6.07) is 0. The minimum absolute atomic E-state index is 0.285. The number of aliphatic imine (C=N–C) groups is 1. The first-order valence-corrected chi connectivity index (χ1v) is 13.4. The summed E-state index contributed by atoms with van der Waals surface area (Å²) in [5.41, 5.74) is 2.19. The number of nitrogens with zero attached hydrogens (tertiary/aromatic N) is 1. The first-order chi connectivity index (χ1) is 16.5. The fourth-order valence-corrected chi connectivity index (χ4v) is 6.41. The maximum absolute atomic E-state index is 12.8. The predicted molar refractivity (Wildman–Crippen MR) is 137 cm³/mol. The van der Waals surface area contributed by atoms with Crippen molar-refractivity contribution in [3.63, 3.8) is 0 Å². The normalized spacial score (nSPS) is 18.1. The molecule has 35 heavy (non-hydrogen) atoms. The third-order valence-corrected chi connectivity index (χ3v) is 8.14. The zero-order valence-electron chi connectivity index (χ0n) is 21.0. The van der Waals surface area contributed by atoms with Crippen molar-refractivity contribution >= 4 is 51.0 Å². The molecule has 8 nitrogen and oxygen atoms in total. The molecular formula is C25H32N2O6S2. The van der Waals surface area contributed by atoms with Crippen molar-refractivity contribution in [3.8, 4) is 0 Å². The van der Waals surface area contributed by atoms with E-state index in [1.165, 1.54) is 29.0 Å². The summed E-state index contributed by atoms with van der Waals surface area (Å²) in [5.74, 6) is -0.746. The fourth-order valence-electron chi connectivity index (χ4n) is 4.27. The van der Waals surface area contributed by atoms with Crippen LogP contribution in [0.1, 0.15) is 83.1 Å². The van der Waals surface area contributed by atoms with E-state index in [9.17, 15) is 9.59 Å². The molecule has 0 saturated heterocycles. The van der Waals surface area contributed by atoms with Gasteiger partial charge in [-0.3, -0.25) is 0 Å². The lowest BCUT2D eigenvalue weighted by Gasteiger charge is -2.30. The summed E-state index contributed by atoms with van der Waals surface area (Å²) >= 11 is 2.89. The SMILES string of the molecule is CCOC(=O)c1c(N=CNc2sc3c(c2C(=O)OCC)CC(C)(C)OC3)sc2c1CC(C)(C)OC2. The molecule has 2 aliphatic rings. The Bertz CT molecular complexity index is 1160. The quantitative estimate of drug-likeness (QED) is 0.287. The van der Waals surface area contributed by atoms with E-state index in [1.807, 2.05) is 27.7 Å². The highest BCUT2D eigenvalue weighted by Crippen LogP contribution is 2.43. The van der Waals surface area contributed by atoms with Crippen molar-refractivity contribution < 1.29 is 28.5 Å².